The van der Waals surface area contributed by atoms with Crippen LogP contribution in [-0.2, 0) is 26.2 Å². The predicted molar refractivity (Wildman–Crippen MR) is 163 cm³/mol. The molecule has 0 bridgehead atoms. The summed E-state index contributed by atoms with van der Waals surface area (Å²) in [6.07, 6.45) is 1.05. The fourth-order valence-electron chi connectivity index (χ4n) is 4.30. The van der Waals surface area contributed by atoms with Crippen LogP contribution in [0.3, 0.4) is 0 Å². The molecule has 0 aliphatic rings. The Labute approximate surface area is 248 Å². The van der Waals surface area contributed by atoms with E-state index in [9.17, 15) is 18.0 Å². The maximum absolute atomic E-state index is 14.1. The molecular formula is C31H38ClN3O5S. The number of nitrogens with one attached hydrogen (secondary N) is 1. The van der Waals surface area contributed by atoms with E-state index in [1.807, 2.05) is 27.7 Å². The average molecular weight is 600 g/mol. The predicted octanol–water partition coefficient (Wildman–Crippen LogP) is 5.66. The smallest absolute Gasteiger partial charge is 0.264 e. The fraction of sp³-hybridized carbons (Fsp3) is 0.355. The number of carbonyl (C=O) groups is 2. The zero-order valence-corrected chi connectivity index (χ0v) is 25.5. The number of sulfonamides is 1. The van der Waals surface area contributed by atoms with Crippen molar-refractivity contribution in [3.05, 3.63) is 89.4 Å². The van der Waals surface area contributed by atoms with E-state index in [1.54, 1.807) is 66.7 Å². The van der Waals surface area contributed by atoms with Gasteiger partial charge in [0.05, 0.1) is 17.2 Å². The molecule has 0 radical (unpaired) electrons. The third-order valence-electron chi connectivity index (χ3n) is 6.73. The lowest BCUT2D eigenvalue weighted by atomic mass is 10.1. The van der Waals surface area contributed by atoms with Gasteiger partial charge in [0.15, 0.2) is 0 Å². The maximum atomic E-state index is 14.1. The number of rotatable bonds is 14. The van der Waals surface area contributed by atoms with Crippen LogP contribution in [0.15, 0.2) is 83.8 Å². The molecule has 41 heavy (non-hydrogen) atoms. The molecule has 0 saturated carbocycles. The van der Waals surface area contributed by atoms with Crippen LogP contribution in [0.5, 0.6) is 5.75 Å². The fourth-order valence-corrected chi connectivity index (χ4v) is 5.91. The number of halogens is 1. The van der Waals surface area contributed by atoms with Crippen LogP contribution in [0.25, 0.3) is 0 Å². The second kappa shape index (κ2) is 14.9. The van der Waals surface area contributed by atoms with Gasteiger partial charge in [-0.1, -0.05) is 61.8 Å². The Bertz CT molecular complexity index is 1400. The van der Waals surface area contributed by atoms with Crippen LogP contribution in [0.1, 0.15) is 46.1 Å². The highest BCUT2D eigenvalue weighted by Crippen LogP contribution is 2.27. The molecule has 220 valence electrons. The number of para-hydroxylation sites is 1. The van der Waals surface area contributed by atoms with Crippen molar-refractivity contribution in [2.45, 2.75) is 64.1 Å². The van der Waals surface area contributed by atoms with Crippen molar-refractivity contribution >= 4 is 39.1 Å². The molecule has 0 spiro atoms. The molecule has 0 heterocycles. The normalized spacial score (nSPS) is 12.7. The first-order chi connectivity index (χ1) is 19.6. The van der Waals surface area contributed by atoms with Crippen LogP contribution in [-0.4, -0.2) is 50.4 Å². The van der Waals surface area contributed by atoms with Crippen LogP contribution < -0.4 is 14.4 Å². The molecule has 0 saturated heterocycles. The van der Waals surface area contributed by atoms with Crippen LogP contribution >= 0.6 is 11.6 Å². The maximum Gasteiger partial charge on any atom is 0.264 e. The van der Waals surface area contributed by atoms with E-state index in [4.69, 9.17) is 16.3 Å². The molecule has 3 aromatic carbocycles. The Morgan fingerprint density at radius 3 is 2.12 bits per heavy atom. The number of ether oxygens (including phenoxy) is 1. The van der Waals surface area contributed by atoms with Gasteiger partial charge in [-0.2, -0.15) is 0 Å². The van der Waals surface area contributed by atoms with Gasteiger partial charge in [-0.25, -0.2) is 8.42 Å². The monoisotopic (exact) mass is 599 g/mol. The molecule has 2 amide bonds. The Balaban J connectivity index is 2.03. The van der Waals surface area contributed by atoms with Gasteiger partial charge in [-0.15, -0.1) is 0 Å². The minimum absolute atomic E-state index is 0.0109. The number of hydrogen-bond donors (Lipinski definition) is 1. The third-order valence-corrected chi connectivity index (χ3v) is 8.89. The first-order valence-electron chi connectivity index (χ1n) is 13.8. The Hall–Kier alpha value is -3.56. The molecule has 0 aliphatic carbocycles. The summed E-state index contributed by atoms with van der Waals surface area (Å²) in [5.74, 6) is -0.296. The lowest BCUT2D eigenvalue weighted by molar-refractivity contribution is -0.140. The van der Waals surface area contributed by atoms with Crippen molar-refractivity contribution in [2.24, 2.45) is 0 Å². The highest BCUT2D eigenvalue weighted by Gasteiger charge is 2.34. The van der Waals surface area contributed by atoms with Crippen molar-refractivity contribution in [1.82, 2.24) is 10.2 Å². The topological polar surface area (TPSA) is 96.0 Å². The number of anilines is 1. The number of nitrogens with zero attached hydrogens (tertiary/aromatic N) is 2. The van der Waals surface area contributed by atoms with Gasteiger partial charge in [0.1, 0.15) is 18.3 Å². The largest absolute Gasteiger partial charge is 0.494 e. The summed E-state index contributed by atoms with van der Waals surface area (Å²) in [7, 11) is -4.17. The van der Waals surface area contributed by atoms with Gasteiger partial charge >= 0.3 is 0 Å². The Morgan fingerprint density at radius 1 is 0.902 bits per heavy atom. The van der Waals surface area contributed by atoms with Crippen molar-refractivity contribution in [3.8, 4) is 5.75 Å². The number of benzene rings is 3. The quantitative estimate of drug-likeness (QED) is 0.258. The summed E-state index contributed by atoms with van der Waals surface area (Å²) in [4.78, 5) is 28.9. The molecule has 2 atom stereocenters. The van der Waals surface area contributed by atoms with Gasteiger partial charge < -0.3 is 15.0 Å². The Kier molecular flexibility index (Phi) is 11.6. The molecule has 8 nitrogen and oxygen atoms in total. The van der Waals surface area contributed by atoms with Gasteiger partial charge in [-0.3, -0.25) is 13.9 Å². The highest BCUT2D eigenvalue weighted by atomic mass is 35.5. The number of amides is 2. The molecule has 3 aromatic rings. The lowest BCUT2D eigenvalue weighted by Gasteiger charge is -2.34. The second-order valence-electron chi connectivity index (χ2n) is 9.61. The zero-order valence-electron chi connectivity index (χ0n) is 23.9. The number of carbonyl (C=O) groups excluding carboxylic acids is 2. The summed E-state index contributed by atoms with van der Waals surface area (Å²) in [5.41, 5.74) is 0.975. The SMILES string of the molecule is CCOc1ccc(S(=O)(=O)N(CC(=O)N(Cc2ccccc2Cl)[C@H](CC)C(=O)N[C@H](C)CC)c2ccccc2)cc1. The van der Waals surface area contributed by atoms with Gasteiger partial charge in [0.2, 0.25) is 11.8 Å². The zero-order chi connectivity index (χ0) is 30.0. The average Bonchev–Trinajstić information content (AvgIpc) is 2.97. The van der Waals surface area contributed by atoms with E-state index in [0.717, 1.165) is 10.7 Å². The summed E-state index contributed by atoms with van der Waals surface area (Å²) in [6.45, 7) is 7.48. The molecule has 0 aliphatic heterocycles. The van der Waals surface area contributed by atoms with Gasteiger partial charge in [0, 0.05) is 17.6 Å². The van der Waals surface area contributed by atoms with Crippen LogP contribution in [0.2, 0.25) is 5.02 Å². The third kappa shape index (κ3) is 8.24. The molecule has 0 fully saturated rings. The second-order valence-corrected chi connectivity index (χ2v) is 11.9. The highest BCUT2D eigenvalue weighted by molar-refractivity contribution is 7.92. The molecule has 3 rings (SSSR count). The number of hydrogen-bond acceptors (Lipinski definition) is 5. The summed E-state index contributed by atoms with van der Waals surface area (Å²) < 4.78 is 34.4. The summed E-state index contributed by atoms with van der Waals surface area (Å²) in [6, 6.07) is 20.7. The van der Waals surface area contributed by atoms with Gasteiger partial charge in [-0.05, 0) is 74.7 Å². The molecule has 0 aromatic heterocycles. The summed E-state index contributed by atoms with van der Waals surface area (Å²) >= 11 is 6.44. The van der Waals surface area contributed by atoms with E-state index >= 15 is 0 Å². The molecular weight excluding hydrogens is 562 g/mol. The Morgan fingerprint density at radius 2 is 1.54 bits per heavy atom. The van der Waals surface area contributed by atoms with E-state index in [0.29, 0.717) is 35.1 Å². The van der Waals surface area contributed by atoms with Crippen molar-refractivity contribution < 1.29 is 22.7 Å². The lowest BCUT2D eigenvalue weighted by Crippen LogP contribution is -2.53. The van der Waals surface area contributed by atoms with Crippen LogP contribution in [0, 0.1) is 0 Å². The van der Waals surface area contributed by atoms with Crippen molar-refractivity contribution in [2.75, 3.05) is 17.5 Å². The minimum Gasteiger partial charge on any atom is -0.494 e. The van der Waals surface area contributed by atoms with E-state index in [2.05, 4.69) is 5.32 Å². The molecule has 1 N–H and O–H groups in total. The van der Waals surface area contributed by atoms with Crippen molar-refractivity contribution in [1.29, 1.82) is 0 Å². The first kappa shape index (κ1) is 32.0. The van der Waals surface area contributed by atoms with E-state index < -0.39 is 28.5 Å². The molecule has 10 heteroatoms. The standard InChI is InChI=1S/C31H38ClN3O5S/c1-5-23(4)33-31(37)29(6-2)34(21-24-13-11-12-16-28(24)32)30(36)22-35(25-14-9-8-10-15-25)41(38,39)27-19-17-26(18-20-27)40-7-3/h8-20,23,29H,5-7,21-22H2,1-4H3,(H,33,37)/t23-,29-/m1/s1. The van der Waals surface area contributed by atoms with E-state index in [-0.39, 0.29) is 23.4 Å². The first-order valence-corrected chi connectivity index (χ1v) is 15.6. The minimum atomic E-state index is -4.17. The molecule has 0 unspecified atom stereocenters. The van der Waals surface area contributed by atoms with Crippen LogP contribution in [0.4, 0.5) is 5.69 Å². The van der Waals surface area contributed by atoms with Gasteiger partial charge in [0.25, 0.3) is 10.0 Å². The van der Waals surface area contributed by atoms with Crippen molar-refractivity contribution in [3.63, 3.8) is 0 Å². The van der Waals surface area contributed by atoms with E-state index in [1.165, 1.54) is 17.0 Å². The summed E-state index contributed by atoms with van der Waals surface area (Å²) in [5, 5.41) is 3.41.